The Hall–Kier alpha value is -0.670. The lowest BCUT2D eigenvalue weighted by Crippen LogP contribution is -2.23. The maximum atomic E-state index is 13.3. The summed E-state index contributed by atoms with van der Waals surface area (Å²) in [5.41, 5.74) is 2.27. The molecule has 0 saturated carbocycles. The highest BCUT2D eigenvalue weighted by Gasteiger charge is 2.05. The summed E-state index contributed by atoms with van der Waals surface area (Å²) in [6.45, 7) is 7.35. The lowest BCUT2D eigenvalue weighted by atomic mass is 10.1. The Morgan fingerprint density at radius 2 is 2.17 bits per heavy atom. The van der Waals surface area contributed by atoms with E-state index < -0.39 is 0 Å². The van der Waals surface area contributed by atoms with Crippen LogP contribution in [-0.4, -0.2) is 12.6 Å². The molecule has 0 atom stereocenters. The summed E-state index contributed by atoms with van der Waals surface area (Å²) in [5.74, 6) is -0.193. The monoisotopic (exact) mass is 313 g/mol. The van der Waals surface area contributed by atoms with Crippen LogP contribution in [-0.2, 0) is 6.42 Å². The number of rotatable bonds is 6. The van der Waals surface area contributed by atoms with Gasteiger partial charge in [-0.15, -0.1) is 0 Å². The van der Waals surface area contributed by atoms with Crippen LogP contribution in [0.3, 0.4) is 0 Å². The van der Waals surface area contributed by atoms with E-state index in [2.05, 4.69) is 48.1 Å². The molecule has 1 nitrogen and oxygen atoms in total. The van der Waals surface area contributed by atoms with Gasteiger partial charge in [-0.05, 0) is 53.9 Å². The van der Waals surface area contributed by atoms with Gasteiger partial charge in [-0.1, -0.05) is 37.6 Å². The Morgan fingerprint density at radius 1 is 1.44 bits per heavy atom. The highest BCUT2D eigenvalue weighted by atomic mass is 79.9. The lowest BCUT2D eigenvalue weighted by molar-refractivity contribution is 0.594. The SMILES string of the molecule is C/C(=C/CCNC(C)C)Cc1cccc(F)c1Br. The molecule has 1 N–H and O–H groups in total. The average molecular weight is 314 g/mol. The third kappa shape index (κ3) is 5.32. The molecule has 0 aliphatic carbocycles. The van der Waals surface area contributed by atoms with Gasteiger partial charge in [-0.3, -0.25) is 0 Å². The molecule has 0 fully saturated rings. The van der Waals surface area contributed by atoms with E-state index in [1.165, 1.54) is 11.6 Å². The first-order chi connectivity index (χ1) is 8.50. The predicted octanol–water partition coefficient (Wildman–Crippen LogP) is 4.47. The van der Waals surface area contributed by atoms with Crippen LogP contribution in [0.2, 0.25) is 0 Å². The molecule has 0 aliphatic rings. The fourth-order valence-electron chi connectivity index (χ4n) is 1.75. The Bertz CT molecular complexity index is 413. The maximum absolute atomic E-state index is 13.3. The Kier molecular flexibility index (Phi) is 6.58. The second kappa shape index (κ2) is 7.70. The van der Waals surface area contributed by atoms with Crippen molar-refractivity contribution >= 4 is 15.9 Å². The maximum Gasteiger partial charge on any atom is 0.137 e. The summed E-state index contributed by atoms with van der Waals surface area (Å²) in [6, 6.07) is 5.70. The van der Waals surface area contributed by atoms with Gasteiger partial charge < -0.3 is 5.32 Å². The fraction of sp³-hybridized carbons (Fsp3) is 0.467. The third-order valence-electron chi connectivity index (χ3n) is 2.69. The molecule has 1 aromatic rings. The van der Waals surface area contributed by atoms with Crippen LogP contribution in [0.15, 0.2) is 34.3 Å². The lowest BCUT2D eigenvalue weighted by Gasteiger charge is -2.08. The summed E-state index contributed by atoms with van der Waals surface area (Å²) in [4.78, 5) is 0. The van der Waals surface area contributed by atoms with Crippen molar-refractivity contribution in [3.05, 3.63) is 45.7 Å². The minimum absolute atomic E-state index is 0.193. The largest absolute Gasteiger partial charge is 0.314 e. The van der Waals surface area contributed by atoms with Crippen molar-refractivity contribution < 1.29 is 4.39 Å². The second-order valence-corrected chi connectivity index (χ2v) is 5.63. The molecular formula is C15H21BrFN. The van der Waals surface area contributed by atoms with Gasteiger partial charge in [-0.2, -0.15) is 0 Å². The molecule has 18 heavy (non-hydrogen) atoms. The van der Waals surface area contributed by atoms with Crippen LogP contribution in [0, 0.1) is 5.82 Å². The van der Waals surface area contributed by atoms with Crippen LogP contribution in [0.5, 0.6) is 0 Å². The molecule has 0 saturated heterocycles. The summed E-state index contributed by atoms with van der Waals surface area (Å²) in [5, 5.41) is 3.37. The van der Waals surface area contributed by atoms with E-state index in [0.717, 1.165) is 24.9 Å². The molecule has 1 aromatic carbocycles. The molecule has 0 aromatic heterocycles. The smallest absolute Gasteiger partial charge is 0.137 e. The van der Waals surface area contributed by atoms with Gasteiger partial charge in [0.15, 0.2) is 0 Å². The van der Waals surface area contributed by atoms with Gasteiger partial charge in [0.1, 0.15) is 5.82 Å². The molecule has 0 amide bonds. The zero-order valence-electron chi connectivity index (χ0n) is 11.3. The average Bonchev–Trinajstić information content (AvgIpc) is 2.30. The van der Waals surface area contributed by atoms with Crippen LogP contribution >= 0.6 is 15.9 Å². The van der Waals surface area contributed by atoms with Gasteiger partial charge in [0, 0.05) is 6.04 Å². The number of benzene rings is 1. The number of hydrogen-bond donors (Lipinski definition) is 1. The molecule has 0 unspecified atom stereocenters. The van der Waals surface area contributed by atoms with E-state index in [4.69, 9.17) is 0 Å². The van der Waals surface area contributed by atoms with E-state index in [1.54, 1.807) is 6.07 Å². The molecule has 0 bridgehead atoms. The first kappa shape index (κ1) is 15.4. The quantitative estimate of drug-likeness (QED) is 0.603. The molecule has 0 aliphatic heterocycles. The van der Waals surface area contributed by atoms with Crippen LogP contribution in [0.4, 0.5) is 4.39 Å². The first-order valence-corrected chi connectivity index (χ1v) is 7.12. The molecule has 100 valence electrons. The zero-order chi connectivity index (χ0) is 13.5. The van der Waals surface area contributed by atoms with E-state index in [1.807, 2.05) is 6.07 Å². The number of hydrogen-bond acceptors (Lipinski definition) is 1. The molecule has 0 spiro atoms. The first-order valence-electron chi connectivity index (χ1n) is 6.32. The van der Waals surface area contributed by atoms with Crippen molar-refractivity contribution in [2.24, 2.45) is 0 Å². The zero-order valence-corrected chi connectivity index (χ0v) is 12.8. The number of allylic oxidation sites excluding steroid dienone is 1. The third-order valence-corrected chi connectivity index (χ3v) is 3.58. The molecule has 1 rings (SSSR count). The van der Waals surface area contributed by atoms with Crippen LogP contribution in [0.25, 0.3) is 0 Å². The van der Waals surface area contributed by atoms with Crippen molar-refractivity contribution in [1.29, 1.82) is 0 Å². The Morgan fingerprint density at radius 3 is 2.83 bits per heavy atom. The van der Waals surface area contributed by atoms with Gasteiger partial charge in [0.05, 0.1) is 4.47 Å². The highest BCUT2D eigenvalue weighted by Crippen LogP contribution is 2.22. The Labute approximate surface area is 118 Å². The summed E-state index contributed by atoms with van der Waals surface area (Å²) in [7, 11) is 0. The molecule has 0 radical (unpaired) electrons. The van der Waals surface area contributed by atoms with Crippen molar-refractivity contribution in [2.75, 3.05) is 6.54 Å². The van der Waals surface area contributed by atoms with Crippen molar-refractivity contribution in [2.45, 2.75) is 39.7 Å². The predicted molar refractivity (Wildman–Crippen MR) is 79.3 cm³/mol. The summed E-state index contributed by atoms with van der Waals surface area (Å²) >= 11 is 3.30. The fourth-order valence-corrected chi connectivity index (χ4v) is 2.15. The second-order valence-electron chi connectivity index (χ2n) is 4.84. The van der Waals surface area contributed by atoms with Gasteiger partial charge in [0.2, 0.25) is 0 Å². The van der Waals surface area contributed by atoms with E-state index in [0.29, 0.717) is 10.5 Å². The van der Waals surface area contributed by atoms with Gasteiger partial charge >= 0.3 is 0 Å². The van der Waals surface area contributed by atoms with Gasteiger partial charge in [-0.25, -0.2) is 4.39 Å². The molecule has 0 heterocycles. The number of nitrogens with one attached hydrogen (secondary N) is 1. The minimum Gasteiger partial charge on any atom is -0.314 e. The van der Waals surface area contributed by atoms with Crippen molar-refractivity contribution in [3.8, 4) is 0 Å². The minimum atomic E-state index is -0.193. The molecular weight excluding hydrogens is 293 g/mol. The van der Waals surface area contributed by atoms with E-state index in [9.17, 15) is 4.39 Å². The topological polar surface area (TPSA) is 12.0 Å². The van der Waals surface area contributed by atoms with E-state index in [-0.39, 0.29) is 5.82 Å². The number of halogens is 2. The van der Waals surface area contributed by atoms with Crippen LogP contribution in [0.1, 0.15) is 32.8 Å². The summed E-state index contributed by atoms with van der Waals surface area (Å²) < 4.78 is 13.9. The Balaban J connectivity index is 2.51. The standard InChI is InChI=1S/C15H21BrFN/c1-11(2)18-9-5-6-12(3)10-13-7-4-8-14(17)15(13)16/h4,6-8,11,18H,5,9-10H2,1-3H3/b12-6-. The van der Waals surface area contributed by atoms with Gasteiger partial charge in [0.25, 0.3) is 0 Å². The highest BCUT2D eigenvalue weighted by molar-refractivity contribution is 9.10. The molecule has 3 heteroatoms. The van der Waals surface area contributed by atoms with E-state index >= 15 is 0 Å². The summed E-state index contributed by atoms with van der Waals surface area (Å²) in [6.07, 6.45) is 4.02. The normalized spacial score (nSPS) is 12.2. The van der Waals surface area contributed by atoms with Crippen molar-refractivity contribution in [3.63, 3.8) is 0 Å². The van der Waals surface area contributed by atoms with Crippen molar-refractivity contribution in [1.82, 2.24) is 5.32 Å². The van der Waals surface area contributed by atoms with Crippen LogP contribution < -0.4 is 5.32 Å².